The fourth-order valence-corrected chi connectivity index (χ4v) is 1.73. The summed E-state index contributed by atoms with van der Waals surface area (Å²) in [5, 5.41) is 2.75. The highest BCUT2D eigenvalue weighted by Gasteiger charge is 2.10. The van der Waals surface area contributed by atoms with E-state index in [4.69, 9.17) is 10.5 Å². The molecule has 0 fully saturated rings. The molecule has 0 saturated carbocycles. The standard InChI is InChI=1S/C14H20F2N2O3/c1-20-12(9-17)8-13(19)18-7-6-10-2-4-11(5-3-10)21-14(15)16/h2-5,12,14H,6-9,17H2,1H3,(H,18,19). The van der Waals surface area contributed by atoms with Crippen LogP contribution in [0.1, 0.15) is 12.0 Å². The topological polar surface area (TPSA) is 73.6 Å². The van der Waals surface area contributed by atoms with E-state index in [0.29, 0.717) is 13.0 Å². The van der Waals surface area contributed by atoms with Gasteiger partial charge in [-0.25, -0.2) is 0 Å². The Morgan fingerprint density at radius 3 is 2.52 bits per heavy atom. The van der Waals surface area contributed by atoms with E-state index in [1.54, 1.807) is 12.1 Å². The van der Waals surface area contributed by atoms with Crippen molar-refractivity contribution in [3.05, 3.63) is 29.8 Å². The van der Waals surface area contributed by atoms with Crippen LogP contribution in [0.15, 0.2) is 24.3 Å². The molecule has 7 heteroatoms. The van der Waals surface area contributed by atoms with E-state index in [1.165, 1.54) is 19.2 Å². The minimum atomic E-state index is -2.83. The molecule has 1 atom stereocenters. The van der Waals surface area contributed by atoms with Gasteiger partial charge >= 0.3 is 6.61 Å². The largest absolute Gasteiger partial charge is 0.435 e. The van der Waals surface area contributed by atoms with Crippen LogP contribution in [0.5, 0.6) is 5.75 Å². The Balaban J connectivity index is 2.30. The number of nitrogens with two attached hydrogens (primary N) is 1. The highest BCUT2D eigenvalue weighted by Crippen LogP contribution is 2.14. The number of amides is 1. The van der Waals surface area contributed by atoms with Gasteiger partial charge in [-0.05, 0) is 24.1 Å². The molecule has 0 aliphatic carbocycles. The van der Waals surface area contributed by atoms with Gasteiger partial charge in [-0.1, -0.05) is 12.1 Å². The van der Waals surface area contributed by atoms with Crippen molar-refractivity contribution in [2.24, 2.45) is 5.73 Å². The lowest BCUT2D eigenvalue weighted by atomic mass is 10.1. The molecule has 0 radical (unpaired) electrons. The number of carbonyl (C=O) groups is 1. The number of carbonyl (C=O) groups excluding carboxylic acids is 1. The molecule has 1 rings (SSSR count). The summed E-state index contributed by atoms with van der Waals surface area (Å²) in [5.74, 6) is -0.0198. The van der Waals surface area contributed by atoms with E-state index in [1.807, 2.05) is 0 Å². The summed E-state index contributed by atoms with van der Waals surface area (Å²) in [7, 11) is 1.51. The quantitative estimate of drug-likeness (QED) is 0.721. The first-order valence-corrected chi connectivity index (χ1v) is 6.58. The van der Waals surface area contributed by atoms with Crippen LogP contribution in [0.4, 0.5) is 8.78 Å². The molecule has 0 spiro atoms. The number of hydrogen-bond acceptors (Lipinski definition) is 4. The summed E-state index contributed by atoms with van der Waals surface area (Å²) in [6, 6.07) is 6.31. The van der Waals surface area contributed by atoms with Crippen molar-refractivity contribution in [1.29, 1.82) is 0 Å². The van der Waals surface area contributed by atoms with Crippen LogP contribution in [0.25, 0.3) is 0 Å². The van der Waals surface area contributed by atoms with Gasteiger partial charge in [0, 0.05) is 20.2 Å². The maximum Gasteiger partial charge on any atom is 0.387 e. The van der Waals surface area contributed by atoms with E-state index >= 15 is 0 Å². The number of methoxy groups -OCH3 is 1. The Kier molecular flexibility index (Phi) is 7.63. The van der Waals surface area contributed by atoms with Gasteiger partial charge in [0.15, 0.2) is 0 Å². The molecular weight excluding hydrogens is 282 g/mol. The van der Waals surface area contributed by atoms with Crippen LogP contribution in [-0.4, -0.2) is 38.8 Å². The summed E-state index contributed by atoms with van der Waals surface area (Å²) in [6.45, 7) is -2.09. The summed E-state index contributed by atoms with van der Waals surface area (Å²) < 4.78 is 33.2. The third-order valence-electron chi connectivity index (χ3n) is 2.89. The third-order valence-corrected chi connectivity index (χ3v) is 2.89. The SMILES string of the molecule is COC(CN)CC(=O)NCCc1ccc(OC(F)F)cc1. The summed E-state index contributed by atoms with van der Waals surface area (Å²) >= 11 is 0. The molecule has 1 aromatic carbocycles. The molecule has 0 bridgehead atoms. The predicted octanol–water partition coefficient (Wildman–Crippen LogP) is 1.31. The van der Waals surface area contributed by atoms with Gasteiger partial charge in [0.05, 0.1) is 12.5 Å². The van der Waals surface area contributed by atoms with Gasteiger partial charge in [-0.2, -0.15) is 8.78 Å². The Hall–Kier alpha value is -1.73. The van der Waals surface area contributed by atoms with Crippen LogP contribution < -0.4 is 15.8 Å². The molecule has 1 amide bonds. The molecule has 0 saturated heterocycles. The number of hydrogen-bond donors (Lipinski definition) is 2. The number of benzene rings is 1. The van der Waals surface area contributed by atoms with Gasteiger partial charge < -0.3 is 20.5 Å². The van der Waals surface area contributed by atoms with Crippen molar-refractivity contribution in [3.8, 4) is 5.75 Å². The zero-order valence-electron chi connectivity index (χ0n) is 11.9. The molecule has 5 nitrogen and oxygen atoms in total. The number of ether oxygens (including phenoxy) is 2. The zero-order chi connectivity index (χ0) is 15.7. The molecule has 0 aliphatic heterocycles. The normalized spacial score (nSPS) is 12.2. The average molecular weight is 302 g/mol. The molecule has 1 unspecified atom stereocenters. The van der Waals surface area contributed by atoms with E-state index < -0.39 is 6.61 Å². The number of rotatable bonds is 9. The van der Waals surface area contributed by atoms with Crippen molar-refractivity contribution in [3.63, 3.8) is 0 Å². The van der Waals surface area contributed by atoms with E-state index in [-0.39, 0.29) is 30.7 Å². The van der Waals surface area contributed by atoms with E-state index in [2.05, 4.69) is 10.1 Å². The number of nitrogens with one attached hydrogen (secondary N) is 1. The molecule has 21 heavy (non-hydrogen) atoms. The molecule has 118 valence electrons. The fraction of sp³-hybridized carbons (Fsp3) is 0.500. The van der Waals surface area contributed by atoms with Crippen LogP contribution in [0.2, 0.25) is 0 Å². The monoisotopic (exact) mass is 302 g/mol. The number of halogens is 2. The highest BCUT2D eigenvalue weighted by atomic mass is 19.3. The predicted molar refractivity (Wildman–Crippen MR) is 74.3 cm³/mol. The Morgan fingerprint density at radius 1 is 1.33 bits per heavy atom. The van der Waals surface area contributed by atoms with Crippen molar-refractivity contribution in [2.45, 2.75) is 25.6 Å². The van der Waals surface area contributed by atoms with Crippen LogP contribution in [-0.2, 0) is 16.0 Å². The second-order valence-electron chi connectivity index (χ2n) is 4.42. The van der Waals surface area contributed by atoms with Crippen molar-refractivity contribution < 1.29 is 23.0 Å². The minimum absolute atomic E-state index is 0.115. The zero-order valence-corrected chi connectivity index (χ0v) is 11.9. The summed E-state index contributed by atoms with van der Waals surface area (Å²) in [4.78, 5) is 11.6. The van der Waals surface area contributed by atoms with Crippen LogP contribution in [0.3, 0.4) is 0 Å². The lowest BCUT2D eigenvalue weighted by molar-refractivity contribution is -0.123. The second-order valence-corrected chi connectivity index (χ2v) is 4.42. The van der Waals surface area contributed by atoms with Gasteiger partial charge in [-0.3, -0.25) is 4.79 Å². The first-order chi connectivity index (χ1) is 10.0. The molecule has 3 N–H and O–H groups in total. The van der Waals surface area contributed by atoms with E-state index in [0.717, 1.165) is 5.56 Å². The molecule has 0 aliphatic rings. The van der Waals surface area contributed by atoms with Gasteiger partial charge in [0.2, 0.25) is 5.91 Å². The van der Waals surface area contributed by atoms with Gasteiger partial charge in [0.1, 0.15) is 5.75 Å². The van der Waals surface area contributed by atoms with E-state index in [9.17, 15) is 13.6 Å². The molecular formula is C14H20F2N2O3. The number of alkyl halides is 2. The van der Waals surface area contributed by atoms with Crippen molar-refractivity contribution in [1.82, 2.24) is 5.32 Å². The Labute approximate surface area is 122 Å². The highest BCUT2D eigenvalue weighted by molar-refractivity contribution is 5.76. The Morgan fingerprint density at radius 2 is 2.00 bits per heavy atom. The summed E-state index contributed by atoms with van der Waals surface area (Å²) in [6.07, 6.45) is 0.533. The summed E-state index contributed by atoms with van der Waals surface area (Å²) in [5.41, 5.74) is 6.35. The molecule has 0 aromatic heterocycles. The fourth-order valence-electron chi connectivity index (χ4n) is 1.73. The van der Waals surface area contributed by atoms with Crippen LogP contribution >= 0.6 is 0 Å². The lowest BCUT2D eigenvalue weighted by Crippen LogP contribution is -2.33. The first-order valence-electron chi connectivity index (χ1n) is 6.58. The maximum atomic E-state index is 12.0. The molecule has 0 heterocycles. The molecule has 1 aromatic rings. The first kappa shape index (κ1) is 17.3. The Bertz CT molecular complexity index is 423. The smallest absolute Gasteiger partial charge is 0.387 e. The minimum Gasteiger partial charge on any atom is -0.435 e. The average Bonchev–Trinajstić information content (AvgIpc) is 2.46. The van der Waals surface area contributed by atoms with Crippen LogP contribution in [0, 0.1) is 0 Å². The van der Waals surface area contributed by atoms with Gasteiger partial charge in [-0.15, -0.1) is 0 Å². The lowest BCUT2D eigenvalue weighted by Gasteiger charge is -2.12. The van der Waals surface area contributed by atoms with Gasteiger partial charge in [0.25, 0.3) is 0 Å². The second kappa shape index (κ2) is 9.25. The van der Waals surface area contributed by atoms with Crippen molar-refractivity contribution >= 4 is 5.91 Å². The van der Waals surface area contributed by atoms with Crippen molar-refractivity contribution in [2.75, 3.05) is 20.2 Å². The third kappa shape index (κ3) is 7.01. The maximum absolute atomic E-state index is 12.0.